The van der Waals surface area contributed by atoms with Gasteiger partial charge in [0.2, 0.25) is 0 Å². The van der Waals surface area contributed by atoms with Gasteiger partial charge < -0.3 is 5.11 Å². The third-order valence-corrected chi connectivity index (χ3v) is 4.28. The minimum Gasteiger partial charge on any atom is -0.383 e. The standard InChI is InChI=1S/C18H38N2O2/c1-2-3-4-5-6-7-8-9-10-11-12-13-14-15-16-17(21)18(22)20-19/h17,21H,2-16,19H2,1H3,(H,20,22). The largest absolute Gasteiger partial charge is 0.383 e. The monoisotopic (exact) mass is 314 g/mol. The van der Waals surface area contributed by atoms with Crippen molar-refractivity contribution in [3.63, 3.8) is 0 Å². The van der Waals surface area contributed by atoms with Crippen LogP contribution >= 0.6 is 0 Å². The topological polar surface area (TPSA) is 75.3 Å². The third-order valence-electron chi connectivity index (χ3n) is 4.28. The zero-order valence-corrected chi connectivity index (χ0v) is 14.6. The molecule has 0 rings (SSSR count). The van der Waals surface area contributed by atoms with E-state index in [1.165, 1.54) is 77.0 Å². The van der Waals surface area contributed by atoms with E-state index in [1.54, 1.807) is 0 Å². The molecule has 0 radical (unpaired) electrons. The van der Waals surface area contributed by atoms with E-state index < -0.39 is 12.0 Å². The van der Waals surface area contributed by atoms with Crippen LogP contribution in [0.4, 0.5) is 0 Å². The fraction of sp³-hybridized carbons (Fsp3) is 0.944. The van der Waals surface area contributed by atoms with Gasteiger partial charge in [-0.15, -0.1) is 0 Å². The lowest BCUT2D eigenvalue weighted by atomic mass is 10.0. The molecular formula is C18H38N2O2. The number of hydrogen-bond donors (Lipinski definition) is 3. The Morgan fingerprint density at radius 2 is 1.18 bits per heavy atom. The number of aliphatic hydroxyl groups is 1. The Bertz CT molecular complexity index is 247. The summed E-state index contributed by atoms with van der Waals surface area (Å²) in [4.78, 5) is 11.0. The molecule has 0 spiro atoms. The zero-order valence-electron chi connectivity index (χ0n) is 14.6. The number of unbranched alkanes of at least 4 members (excludes halogenated alkanes) is 13. The van der Waals surface area contributed by atoms with Gasteiger partial charge in [0.15, 0.2) is 0 Å². The Kier molecular flexibility index (Phi) is 16.3. The van der Waals surface area contributed by atoms with Crippen molar-refractivity contribution in [2.45, 2.75) is 109 Å². The van der Waals surface area contributed by atoms with Crippen molar-refractivity contribution in [1.29, 1.82) is 0 Å². The Labute approximate surface area is 137 Å². The lowest BCUT2D eigenvalue weighted by Crippen LogP contribution is -2.38. The molecule has 22 heavy (non-hydrogen) atoms. The van der Waals surface area contributed by atoms with Crippen molar-refractivity contribution >= 4 is 5.91 Å². The van der Waals surface area contributed by atoms with Crippen LogP contribution < -0.4 is 11.3 Å². The fourth-order valence-electron chi connectivity index (χ4n) is 2.76. The fourth-order valence-corrected chi connectivity index (χ4v) is 2.76. The first-order valence-corrected chi connectivity index (χ1v) is 9.41. The highest BCUT2D eigenvalue weighted by molar-refractivity contribution is 5.79. The smallest absolute Gasteiger partial charge is 0.262 e. The molecule has 0 aromatic rings. The predicted molar refractivity (Wildman–Crippen MR) is 93.3 cm³/mol. The average molecular weight is 315 g/mol. The number of aliphatic hydroxyl groups excluding tert-OH is 1. The summed E-state index contributed by atoms with van der Waals surface area (Å²) in [6.07, 6.45) is 17.9. The van der Waals surface area contributed by atoms with Gasteiger partial charge in [-0.2, -0.15) is 0 Å². The summed E-state index contributed by atoms with van der Waals surface area (Å²) in [6.45, 7) is 2.26. The summed E-state index contributed by atoms with van der Waals surface area (Å²) >= 11 is 0. The van der Waals surface area contributed by atoms with Crippen LogP contribution in [0, 0.1) is 0 Å². The van der Waals surface area contributed by atoms with Gasteiger partial charge in [0.25, 0.3) is 5.91 Å². The van der Waals surface area contributed by atoms with E-state index >= 15 is 0 Å². The molecule has 0 bridgehead atoms. The van der Waals surface area contributed by atoms with Crippen LogP contribution in [-0.2, 0) is 4.79 Å². The van der Waals surface area contributed by atoms with Crippen molar-refractivity contribution < 1.29 is 9.90 Å². The maximum atomic E-state index is 11.0. The first kappa shape index (κ1) is 21.4. The second-order valence-electron chi connectivity index (χ2n) is 6.41. The number of amides is 1. The van der Waals surface area contributed by atoms with Crippen molar-refractivity contribution in [3.05, 3.63) is 0 Å². The summed E-state index contributed by atoms with van der Waals surface area (Å²) in [7, 11) is 0. The van der Waals surface area contributed by atoms with Crippen molar-refractivity contribution in [2.75, 3.05) is 0 Å². The SMILES string of the molecule is CCCCCCCCCCCCCCCCC(O)C(=O)NN. The van der Waals surface area contributed by atoms with Crippen LogP contribution in [0.2, 0.25) is 0 Å². The zero-order chi connectivity index (χ0) is 16.5. The Hall–Kier alpha value is -0.610. The summed E-state index contributed by atoms with van der Waals surface area (Å²) in [5.74, 6) is 4.49. The van der Waals surface area contributed by atoms with Gasteiger partial charge >= 0.3 is 0 Å². The molecule has 4 nitrogen and oxygen atoms in total. The van der Waals surface area contributed by atoms with E-state index in [0.29, 0.717) is 6.42 Å². The molecule has 1 atom stereocenters. The van der Waals surface area contributed by atoms with Crippen molar-refractivity contribution in [2.24, 2.45) is 5.84 Å². The number of nitrogens with two attached hydrogens (primary N) is 1. The number of carbonyl (C=O) groups excluding carboxylic acids is 1. The molecule has 0 aliphatic carbocycles. The normalized spacial score (nSPS) is 12.3. The molecule has 4 N–H and O–H groups in total. The molecule has 4 heteroatoms. The Morgan fingerprint density at radius 1 is 0.818 bits per heavy atom. The molecule has 132 valence electrons. The minimum absolute atomic E-state index is 0.477. The Morgan fingerprint density at radius 3 is 1.55 bits per heavy atom. The second kappa shape index (κ2) is 16.8. The first-order chi connectivity index (χ1) is 10.7. The number of carbonyl (C=O) groups is 1. The van der Waals surface area contributed by atoms with E-state index in [2.05, 4.69) is 6.92 Å². The summed E-state index contributed by atoms with van der Waals surface area (Å²) in [6, 6.07) is 0. The first-order valence-electron chi connectivity index (χ1n) is 9.41. The van der Waals surface area contributed by atoms with Crippen LogP contribution in [0.25, 0.3) is 0 Å². The van der Waals surface area contributed by atoms with E-state index in [-0.39, 0.29) is 0 Å². The summed E-state index contributed by atoms with van der Waals surface area (Å²) in [5.41, 5.74) is 1.98. The van der Waals surface area contributed by atoms with Gasteiger partial charge in [-0.05, 0) is 6.42 Å². The molecule has 0 fully saturated rings. The van der Waals surface area contributed by atoms with Crippen molar-refractivity contribution in [1.82, 2.24) is 5.43 Å². The lowest BCUT2D eigenvalue weighted by Gasteiger charge is -2.08. The van der Waals surface area contributed by atoms with E-state index in [4.69, 9.17) is 5.84 Å². The minimum atomic E-state index is -0.942. The second-order valence-corrected chi connectivity index (χ2v) is 6.41. The predicted octanol–water partition coefficient (Wildman–Crippen LogP) is 4.21. The molecular weight excluding hydrogens is 276 g/mol. The van der Waals surface area contributed by atoms with E-state index in [9.17, 15) is 9.90 Å². The molecule has 1 amide bonds. The number of hydrazine groups is 1. The lowest BCUT2D eigenvalue weighted by molar-refractivity contribution is -0.129. The molecule has 0 aliphatic heterocycles. The molecule has 0 aromatic heterocycles. The highest BCUT2D eigenvalue weighted by atomic mass is 16.3. The van der Waals surface area contributed by atoms with E-state index in [1.807, 2.05) is 5.43 Å². The van der Waals surface area contributed by atoms with Crippen molar-refractivity contribution in [3.8, 4) is 0 Å². The van der Waals surface area contributed by atoms with Crippen LogP contribution in [0.15, 0.2) is 0 Å². The number of hydrogen-bond acceptors (Lipinski definition) is 3. The third kappa shape index (κ3) is 14.3. The van der Waals surface area contributed by atoms with Gasteiger partial charge in [-0.1, -0.05) is 96.8 Å². The van der Waals surface area contributed by atoms with Crippen LogP contribution in [0.3, 0.4) is 0 Å². The number of rotatable bonds is 16. The van der Waals surface area contributed by atoms with Gasteiger partial charge in [-0.3, -0.25) is 10.2 Å². The van der Waals surface area contributed by atoms with E-state index in [0.717, 1.165) is 12.8 Å². The van der Waals surface area contributed by atoms with Crippen LogP contribution in [0.5, 0.6) is 0 Å². The van der Waals surface area contributed by atoms with Gasteiger partial charge in [0.1, 0.15) is 6.10 Å². The highest BCUT2D eigenvalue weighted by Gasteiger charge is 2.11. The summed E-state index contributed by atoms with van der Waals surface area (Å²) < 4.78 is 0. The highest BCUT2D eigenvalue weighted by Crippen LogP contribution is 2.13. The van der Waals surface area contributed by atoms with Crippen LogP contribution in [0.1, 0.15) is 103 Å². The maximum absolute atomic E-state index is 11.0. The molecule has 0 aromatic carbocycles. The molecule has 0 saturated heterocycles. The van der Waals surface area contributed by atoms with Gasteiger partial charge in [-0.25, -0.2) is 5.84 Å². The summed E-state index contributed by atoms with van der Waals surface area (Å²) in [5, 5.41) is 9.42. The van der Waals surface area contributed by atoms with Gasteiger partial charge in [0.05, 0.1) is 0 Å². The van der Waals surface area contributed by atoms with Gasteiger partial charge in [0, 0.05) is 0 Å². The molecule has 0 aliphatic rings. The average Bonchev–Trinajstić information content (AvgIpc) is 2.54. The maximum Gasteiger partial charge on any atom is 0.262 e. The Balaban J connectivity index is 3.10. The van der Waals surface area contributed by atoms with Crippen LogP contribution in [-0.4, -0.2) is 17.1 Å². The molecule has 1 unspecified atom stereocenters. The molecule has 0 saturated carbocycles. The number of nitrogens with one attached hydrogen (secondary N) is 1. The quantitative estimate of drug-likeness (QED) is 0.173. The molecule has 0 heterocycles.